The maximum Gasteiger partial charge on any atom is 0.231 e. The molecule has 2 heterocycles. The van der Waals surface area contributed by atoms with Crippen LogP contribution in [0.5, 0.6) is 11.5 Å². The Hall–Kier alpha value is -1.29. The molecule has 1 aromatic carbocycles. The Morgan fingerprint density at radius 1 is 1.38 bits per heavy atom. The fourth-order valence-corrected chi connectivity index (χ4v) is 2.37. The number of benzene rings is 1. The van der Waals surface area contributed by atoms with Crippen molar-refractivity contribution < 1.29 is 13.9 Å². The minimum Gasteiger partial charge on any atom is -0.454 e. The smallest absolute Gasteiger partial charge is 0.231 e. The second-order valence-electron chi connectivity index (χ2n) is 4.26. The van der Waals surface area contributed by atoms with Crippen molar-refractivity contribution in [2.24, 2.45) is 0 Å². The highest BCUT2D eigenvalue weighted by atomic mass is 19.1. The van der Waals surface area contributed by atoms with Gasteiger partial charge in [0.15, 0.2) is 11.5 Å². The van der Waals surface area contributed by atoms with E-state index in [1.807, 2.05) is 0 Å². The molecule has 3 nitrogen and oxygen atoms in total. The highest BCUT2D eigenvalue weighted by Gasteiger charge is 2.24. The van der Waals surface area contributed by atoms with Crippen molar-refractivity contribution in [1.29, 1.82) is 0 Å². The van der Waals surface area contributed by atoms with Gasteiger partial charge in [-0.05, 0) is 37.9 Å². The van der Waals surface area contributed by atoms with Gasteiger partial charge in [0.1, 0.15) is 5.82 Å². The molecule has 4 heteroatoms. The molecule has 0 saturated carbocycles. The highest BCUT2D eigenvalue weighted by Crippen LogP contribution is 2.38. The third kappa shape index (κ3) is 1.63. The van der Waals surface area contributed by atoms with Crippen molar-refractivity contribution in [3.05, 3.63) is 23.5 Å². The van der Waals surface area contributed by atoms with Gasteiger partial charge in [-0.25, -0.2) is 4.39 Å². The quantitative estimate of drug-likeness (QED) is 0.830. The van der Waals surface area contributed by atoms with Crippen LogP contribution in [0.25, 0.3) is 0 Å². The molecular formula is C12H14FNO2. The second kappa shape index (κ2) is 3.94. The molecule has 0 spiro atoms. The fraction of sp³-hybridized carbons (Fsp3) is 0.500. The lowest BCUT2D eigenvalue weighted by Crippen LogP contribution is -2.24. The summed E-state index contributed by atoms with van der Waals surface area (Å²) in [6.45, 7) is 1.22. The van der Waals surface area contributed by atoms with E-state index in [4.69, 9.17) is 9.47 Å². The number of fused-ring (bicyclic) bond motifs is 1. The van der Waals surface area contributed by atoms with E-state index < -0.39 is 0 Å². The molecule has 0 amide bonds. The standard InChI is InChI=1S/C12H14FNO2/c13-10-3-4-11-12(16-7-15-11)9(10)6-8-2-1-5-14-8/h3-4,8,14H,1-2,5-7H2. The van der Waals surface area contributed by atoms with Crippen molar-refractivity contribution in [2.75, 3.05) is 13.3 Å². The number of hydrogen-bond acceptors (Lipinski definition) is 3. The normalized spacial score (nSPS) is 22.7. The molecule has 0 bridgehead atoms. The van der Waals surface area contributed by atoms with Gasteiger partial charge in [-0.2, -0.15) is 0 Å². The zero-order valence-electron chi connectivity index (χ0n) is 8.96. The van der Waals surface area contributed by atoms with Gasteiger partial charge in [-0.3, -0.25) is 0 Å². The molecule has 1 fully saturated rings. The molecule has 1 atom stereocenters. The SMILES string of the molecule is Fc1ccc2c(c1CC1CCCN1)OCO2. The first-order valence-electron chi connectivity index (χ1n) is 5.65. The monoisotopic (exact) mass is 223 g/mol. The minimum atomic E-state index is -0.196. The Kier molecular flexibility index (Phi) is 2.44. The Bertz CT molecular complexity index is 402. The van der Waals surface area contributed by atoms with Crippen molar-refractivity contribution in [3.8, 4) is 11.5 Å². The lowest BCUT2D eigenvalue weighted by atomic mass is 10.0. The van der Waals surface area contributed by atoms with Crippen LogP contribution in [-0.4, -0.2) is 19.4 Å². The average molecular weight is 223 g/mol. The van der Waals surface area contributed by atoms with Crippen LogP contribution < -0.4 is 14.8 Å². The van der Waals surface area contributed by atoms with Crippen LogP contribution in [0, 0.1) is 5.82 Å². The lowest BCUT2D eigenvalue weighted by molar-refractivity contribution is 0.173. The van der Waals surface area contributed by atoms with Crippen LogP contribution in [0.15, 0.2) is 12.1 Å². The van der Waals surface area contributed by atoms with E-state index in [-0.39, 0.29) is 12.6 Å². The van der Waals surface area contributed by atoms with Crippen molar-refractivity contribution >= 4 is 0 Å². The fourth-order valence-electron chi connectivity index (χ4n) is 2.37. The van der Waals surface area contributed by atoms with Crippen LogP contribution in [0.1, 0.15) is 18.4 Å². The molecule has 0 aliphatic carbocycles. The average Bonchev–Trinajstić information content (AvgIpc) is 2.92. The first-order valence-corrected chi connectivity index (χ1v) is 5.65. The summed E-state index contributed by atoms with van der Waals surface area (Å²) in [5, 5.41) is 3.36. The van der Waals surface area contributed by atoms with Gasteiger partial charge in [-0.1, -0.05) is 0 Å². The van der Waals surface area contributed by atoms with Gasteiger partial charge in [0.05, 0.1) is 0 Å². The molecule has 1 saturated heterocycles. The van der Waals surface area contributed by atoms with E-state index in [1.165, 1.54) is 12.5 Å². The number of hydrogen-bond donors (Lipinski definition) is 1. The summed E-state index contributed by atoms with van der Waals surface area (Å²) < 4.78 is 24.3. The van der Waals surface area contributed by atoms with Crippen molar-refractivity contribution in [2.45, 2.75) is 25.3 Å². The first-order chi connectivity index (χ1) is 7.84. The van der Waals surface area contributed by atoms with Crippen molar-refractivity contribution in [1.82, 2.24) is 5.32 Å². The largest absolute Gasteiger partial charge is 0.454 e. The van der Waals surface area contributed by atoms with Gasteiger partial charge in [-0.15, -0.1) is 0 Å². The first kappa shape index (κ1) is 9.90. The number of halogens is 1. The number of ether oxygens (including phenoxy) is 2. The van der Waals surface area contributed by atoms with Crippen LogP contribution in [0.3, 0.4) is 0 Å². The molecule has 16 heavy (non-hydrogen) atoms. The second-order valence-corrected chi connectivity index (χ2v) is 4.26. The lowest BCUT2D eigenvalue weighted by Gasteiger charge is -2.12. The topological polar surface area (TPSA) is 30.5 Å². The maximum absolute atomic E-state index is 13.7. The van der Waals surface area contributed by atoms with E-state index in [0.29, 0.717) is 29.5 Å². The summed E-state index contributed by atoms with van der Waals surface area (Å²) in [6, 6.07) is 3.45. The van der Waals surface area contributed by atoms with Crippen LogP contribution in [0.4, 0.5) is 4.39 Å². The molecule has 1 unspecified atom stereocenters. The number of nitrogens with one attached hydrogen (secondary N) is 1. The molecular weight excluding hydrogens is 209 g/mol. The molecule has 86 valence electrons. The predicted molar refractivity (Wildman–Crippen MR) is 57.3 cm³/mol. The molecule has 3 rings (SSSR count). The van der Waals surface area contributed by atoms with Gasteiger partial charge < -0.3 is 14.8 Å². The molecule has 1 N–H and O–H groups in total. The highest BCUT2D eigenvalue weighted by molar-refractivity contribution is 5.49. The van der Waals surface area contributed by atoms with E-state index >= 15 is 0 Å². The van der Waals surface area contributed by atoms with Crippen LogP contribution in [-0.2, 0) is 6.42 Å². The Morgan fingerprint density at radius 2 is 2.31 bits per heavy atom. The summed E-state index contributed by atoms with van der Waals surface area (Å²) in [6.07, 6.45) is 2.95. The van der Waals surface area contributed by atoms with Crippen molar-refractivity contribution in [3.63, 3.8) is 0 Å². The van der Waals surface area contributed by atoms with E-state index in [9.17, 15) is 4.39 Å². The third-order valence-corrected chi connectivity index (χ3v) is 3.20. The van der Waals surface area contributed by atoms with Gasteiger partial charge in [0, 0.05) is 11.6 Å². The number of rotatable bonds is 2. The van der Waals surface area contributed by atoms with Gasteiger partial charge >= 0.3 is 0 Å². The maximum atomic E-state index is 13.7. The summed E-state index contributed by atoms with van der Waals surface area (Å²) in [7, 11) is 0. The van der Waals surface area contributed by atoms with E-state index in [1.54, 1.807) is 6.07 Å². The molecule has 2 aliphatic rings. The van der Waals surface area contributed by atoms with Crippen LogP contribution in [0.2, 0.25) is 0 Å². The van der Waals surface area contributed by atoms with Gasteiger partial charge in [0.2, 0.25) is 6.79 Å². The molecule has 0 radical (unpaired) electrons. The summed E-state index contributed by atoms with van der Waals surface area (Å²) in [5.74, 6) is 1.06. The summed E-state index contributed by atoms with van der Waals surface area (Å²) >= 11 is 0. The minimum absolute atomic E-state index is 0.196. The third-order valence-electron chi connectivity index (χ3n) is 3.20. The molecule has 1 aromatic rings. The predicted octanol–water partition coefficient (Wildman–Crippen LogP) is 1.85. The van der Waals surface area contributed by atoms with Gasteiger partial charge in [0.25, 0.3) is 0 Å². The summed E-state index contributed by atoms with van der Waals surface area (Å²) in [4.78, 5) is 0. The Morgan fingerprint density at radius 3 is 3.12 bits per heavy atom. The Labute approximate surface area is 93.6 Å². The zero-order valence-corrected chi connectivity index (χ0v) is 8.96. The van der Waals surface area contributed by atoms with Crippen LogP contribution >= 0.6 is 0 Å². The molecule has 2 aliphatic heterocycles. The summed E-state index contributed by atoms with van der Waals surface area (Å²) in [5.41, 5.74) is 0.648. The Balaban J connectivity index is 1.90. The molecule has 0 aromatic heterocycles. The van der Waals surface area contributed by atoms with E-state index in [2.05, 4.69) is 5.32 Å². The van der Waals surface area contributed by atoms with E-state index in [0.717, 1.165) is 13.0 Å². The zero-order chi connectivity index (χ0) is 11.0.